The van der Waals surface area contributed by atoms with Crippen molar-refractivity contribution in [3.8, 4) is 0 Å². The molecule has 2 aromatic heterocycles. The number of hydrogen-bond donors (Lipinski definition) is 2. The van der Waals surface area contributed by atoms with Gasteiger partial charge >= 0.3 is 5.63 Å². The van der Waals surface area contributed by atoms with Crippen molar-refractivity contribution in [3.05, 3.63) is 87.8 Å². The second-order valence-electron chi connectivity index (χ2n) is 6.81. The Labute approximate surface area is 190 Å². The quantitative estimate of drug-likeness (QED) is 0.313. The molecule has 0 amide bonds. The van der Waals surface area contributed by atoms with Gasteiger partial charge in [-0.15, -0.1) is 0 Å². The van der Waals surface area contributed by atoms with Gasteiger partial charge in [-0.3, -0.25) is 4.72 Å². The predicted molar refractivity (Wildman–Crippen MR) is 123 cm³/mol. The van der Waals surface area contributed by atoms with Crippen LogP contribution in [0.1, 0.15) is 16.7 Å². The Bertz CT molecular complexity index is 1360. The molecule has 4 rings (SSSR count). The molecule has 7 nitrogen and oxygen atoms in total. The monoisotopic (exact) mass is 470 g/mol. The molecule has 164 valence electrons. The Morgan fingerprint density at radius 2 is 1.94 bits per heavy atom. The van der Waals surface area contributed by atoms with Crippen LogP contribution >= 0.6 is 11.8 Å². The van der Waals surface area contributed by atoms with Crippen molar-refractivity contribution in [2.24, 2.45) is 0 Å². The average Bonchev–Trinajstić information content (AvgIpc) is 2.79. The molecule has 0 saturated carbocycles. The lowest BCUT2D eigenvalue weighted by Crippen LogP contribution is -2.19. The van der Waals surface area contributed by atoms with Crippen LogP contribution in [0.3, 0.4) is 0 Å². The van der Waals surface area contributed by atoms with Gasteiger partial charge in [-0.2, -0.15) is 0 Å². The minimum atomic E-state index is -1.62. The van der Waals surface area contributed by atoms with E-state index in [4.69, 9.17) is 4.42 Å². The summed E-state index contributed by atoms with van der Waals surface area (Å²) in [5.74, 6) is -0.565. The van der Waals surface area contributed by atoms with Crippen molar-refractivity contribution in [2.75, 3.05) is 11.8 Å². The van der Waals surface area contributed by atoms with Crippen LogP contribution in [0.5, 0.6) is 0 Å². The fourth-order valence-corrected chi connectivity index (χ4v) is 4.42. The first-order valence-electron chi connectivity index (χ1n) is 9.60. The van der Waals surface area contributed by atoms with E-state index >= 15 is 0 Å². The highest BCUT2D eigenvalue weighted by Gasteiger charge is 2.17. The molecule has 0 aliphatic heterocycles. The van der Waals surface area contributed by atoms with E-state index < -0.39 is 22.6 Å². The zero-order valence-corrected chi connectivity index (χ0v) is 18.8. The molecule has 32 heavy (non-hydrogen) atoms. The number of nitrogens with zero attached hydrogens (tertiary/aromatic N) is 2. The Hall–Kier alpha value is -3.08. The maximum absolute atomic E-state index is 14.9. The topological polar surface area (TPSA) is 97.1 Å². The van der Waals surface area contributed by atoms with Gasteiger partial charge in [0.1, 0.15) is 5.58 Å². The molecular formula is C22H19FN4O3S2. The number of aryl methyl sites for hydroxylation is 1. The highest BCUT2D eigenvalue weighted by Crippen LogP contribution is 2.30. The standard InChI is InChI=1S/C22H19FN4O3S2/c1-13-16-8-7-15(31-22-25-9-4-10-26-22)12-19(16)30-21(28)17(13)11-14-5-3-6-18(20(14)23)27-32(29)24-2/h3-10,12,24,27H,11H2,1-2H3. The Morgan fingerprint density at radius 1 is 1.16 bits per heavy atom. The second-order valence-corrected chi connectivity index (χ2v) is 9.01. The third-order valence-electron chi connectivity index (χ3n) is 4.84. The van der Waals surface area contributed by atoms with Crippen molar-refractivity contribution in [1.29, 1.82) is 0 Å². The molecule has 0 fully saturated rings. The summed E-state index contributed by atoms with van der Waals surface area (Å²) in [7, 11) is 1.49. The van der Waals surface area contributed by atoms with E-state index in [-0.39, 0.29) is 12.1 Å². The van der Waals surface area contributed by atoms with Gasteiger partial charge in [0, 0.05) is 34.7 Å². The van der Waals surface area contributed by atoms with Gasteiger partial charge in [-0.05, 0) is 67.2 Å². The lowest BCUT2D eigenvalue weighted by atomic mass is 9.99. The third-order valence-corrected chi connectivity index (χ3v) is 6.50. The van der Waals surface area contributed by atoms with E-state index in [0.717, 1.165) is 15.8 Å². The number of aromatic nitrogens is 2. The van der Waals surface area contributed by atoms with Gasteiger partial charge in [0.05, 0.1) is 5.69 Å². The van der Waals surface area contributed by atoms with Crippen LogP contribution in [0.2, 0.25) is 0 Å². The van der Waals surface area contributed by atoms with Crippen molar-refractivity contribution < 1.29 is 13.0 Å². The van der Waals surface area contributed by atoms with Crippen molar-refractivity contribution in [3.63, 3.8) is 0 Å². The summed E-state index contributed by atoms with van der Waals surface area (Å²) in [6, 6.07) is 12.0. The summed E-state index contributed by atoms with van der Waals surface area (Å²) < 4.78 is 37.2. The first-order valence-corrected chi connectivity index (χ1v) is 11.6. The van der Waals surface area contributed by atoms with Gasteiger partial charge in [-0.25, -0.2) is 28.1 Å². The molecule has 0 bridgehead atoms. The normalized spacial score (nSPS) is 12.1. The van der Waals surface area contributed by atoms with Gasteiger partial charge in [0.25, 0.3) is 0 Å². The molecule has 1 unspecified atom stereocenters. The number of rotatable bonds is 7. The summed E-state index contributed by atoms with van der Waals surface area (Å²) in [6.45, 7) is 1.82. The molecule has 0 aliphatic carbocycles. The minimum absolute atomic E-state index is 0.0476. The van der Waals surface area contributed by atoms with Crippen LogP contribution in [-0.2, 0) is 17.6 Å². The summed E-state index contributed by atoms with van der Waals surface area (Å²) in [4.78, 5) is 22.0. The van der Waals surface area contributed by atoms with E-state index in [9.17, 15) is 13.4 Å². The van der Waals surface area contributed by atoms with Gasteiger partial charge in [0.15, 0.2) is 22.1 Å². The van der Waals surface area contributed by atoms with Crippen molar-refractivity contribution in [2.45, 2.75) is 23.4 Å². The van der Waals surface area contributed by atoms with Crippen LogP contribution in [-0.4, -0.2) is 21.2 Å². The van der Waals surface area contributed by atoms with E-state index in [1.54, 1.807) is 36.7 Å². The van der Waals surface area contributed by atoms with Crippen LogP contribution in [0.15, 0.2) is 74.1 Å². The average molecular weight is 471 g/mol. The minimum Gasteiger partial charge on any atom is -0.422 e. The smallest absolute Gasteiger partial charge is 0.340 e. The van der Waals surface area contributed by atoms with Crippen LogP contribution in [0.25, 0.3) is 11.0 Å². The Balaban J connectivity index is 1.67. The van der Waals surface area contributed by atoms with Gasteiger partial charge in [0.2, 0.25) is 0 Å². The molecule has 4 aromatic rings. The van der Waals surface area contributed by atoms with E-state index in [2.05, 4.69) is 19.4 Å². The zero-order valence-electron chi connectivity index (χ0n) is 17.2. The van der Waals surface area contributed by atoms with E-state index in [1.807, 2.05) is 19.1 Å². The molecule has 0 spiro atoms. The highest BCUT2D eigenvalue weighted by atomic mass is 32.2. The first-order chi connectivity index (χ1) is 15.5. The lowest BCUT2D eigenvalue weighted by molar-refractivity contribution is 0.548. The predicted octanol–water partition coefficient (Wildman–Crippen LogP) is 3.98. The number of benzene rings is 2. The maximum Gasteiger partial charge on any atom is 0.340 e. The summed E-state index contributed by atoms with van der Waals surface area (Å²) in [6.07, 6.45) is 3.37. The van der Waals surface area contributed by atoms with Gasteiger partial charge in [-0.1, -0.05) is 12.1 Å². The molecule has 2 aromatic carbocycles. The zero-order chi connectivity index (χ0) is 22.7. The van der Waals surface area contributed by atoms with Crippen molar-refractivity contribution in [1.82, 2.24) is 14.7 Å². The molecule has 0 radical (unpaired) electrons. The molecular weight excluding hydrogens is 451 g/mol. The summed E-state index contributed by atoms with van der Waals surface area (Å²) in [5.41, 5.74) is 1.40. The van der Waals surface area contributed by atoms with Gasteiger partial charge < -0.3 is 4.42 Å². The SMILES string of the molecule is CNS(=O)Nc1cccc(Cc2c(C)c3ccc(Sc4ncccn4)cc3oc2=O)c1F. The van der Waals surface area contributed by atoms with E-state index in [1.165, 1.54) is 24.9 Å². The molecule has 2 N–H and O–H groups in total. The van der Waals surface area contributed by atoms with E-state index in [0.29, 0.717) is 21.9 Å². The molecule has 0 saturated heterocycles. The number of anilines is 1. The number of nitrogens with one attached hydrogen (secondary N) is 2. The molecule has 1 atom stereocenters. The third kappa shape index (κ3) is 4.72. The second kappa shape index (κ2) is 9.60. The highest BCUT2D eigenvalue weighted by molar-refractivity contribution is 7.99. The summed E-state index contributed by atoms with van der Waals surface area (Å²) in [5, 5.41) is 1.36. The van der Waals surface area contributed by atoms with Crippen LogP contribution < -0.4 is 15.1 Å². The van der Waals surface area contributed by atoms with Crippen LogP contribution in [0, 0.1) is 12.7 Å². The fraction of sp³-hybridized carbons (Fsp3) is 0.136. The number of halogens is 1. The Kier molecular flexibility index (Phi) is 6.63. The first kappa shape index (κ1) is 22.1. The fourth-order valence-electron chi connectivity index (χ4n) is 3.22. The van der Waals surface area contributed by atoms with Crippen molar-refractivity contribution >= 4 is 39.6 Å². The number of hydrogen-bond acceptors (Lipinski definition) is 6. The lowest BCUT2D eigenvalue weighted by Gasteiger charge is -2.12. The molecule has 10 heteroatoms. The number of fused-ring (bicyclic) bond motifs is 1. The Morgan fingerprint density at radius 3 is 2.69 bits per heavy atom. The molecule has 2 heterocycles. The molecule has 0 aliphatic rings. The maximum atomic E-state index is 14.9. The van der Waals surface area contributed by atoms with Crippen LogP contribution in [0.4, 0.5) is 10.1 Å². The largest absolute Gasteiger partial charge is 0.422 e. The summed E-state index contributed by atoms with van der Waals surface area (Å²) >= 11 is -0.258.